The molecular weight excluding hydrogens is 236 g/mol. The van der Waals surface area contributed by atoms with E-state index in [-0.39, 0.29) is 0 Å². The van der Waals surface area contributed by atoms with Gasteiger partial charge in [-0.2, -0.15) is 0 Å². The molecule has 0 fully saturated rings. The van der Waals surface area contributed by atoms with Crippen molar-refractivity contribution in [1.82, 2.24) is 10.3 Å². The molecule has 3 heteroatoms. The Morgan fingerprint density at radius 1 is 1.16 bits per heavy atom. The molecule has 2 rings (SSSR count). The average Bonchev–Trinajstić information content (AvgIpc) is 2.82. The van der Waals surface area contributed by atoms with Crippen molar-refractivity contribution in [3.8, 4) is 11.3 Å². The third kappa shape index (κ3) is 3.93. The lowest BCUT2D eigenvalue weighted by Crippen LogP contribution is -2.14. The number of hydrogen-bond acceptors (Lipinski definition) is 3. The van der Waals surface area contributed by atoms with E-state index in [4.69, 9.17) is 4.42 Å². The molecule has 0 bridgehead atoms. The summed E-state index contributed by atoms with van der Waals surface area (Å²) in [7, 11) is 0. The lowest BCUT2D eigenvalue weighted by atomic mass is 10.1. The summed E-state index contributed by atoms with van der Waals surface area (Å²) in [4.78, 5) is 4.36. The fourth-order valence-electron chi connectivity index (χ4n) is 2.22. The first-order valence-corrected chi connectivity index (χ1v) is 6.93. The molecular formula is C16H22N2O. The maximum absolute atomic E-state index is 5.82. The number of oxazole rings is 1. The van der Waals surface area contributed by atoms with Crippen molar-refractivity contribution in [3.05, 3.63) is 41.4 Å². The van der Waals surface area contributed by atoms with Crippen LogP contribution in [0.5, 0.6) is 0 Å². The molecule has 1 heterocycles. The van der Waals surface area contributed by atoms with Gasteiger partial charge in [-0.3, -0.25) is 0 Å². The van der Waals surface area contributed by atoms with Gasteiger partial charge in [0.05, 0.1) is 6.20 Å². The smallest absolute Gasteiger partial charge is 0.194 e. The lowest BCUT2D eigenvalue weighted by Gasteiger charge is -2.01. The van der Waals surface area contributed by atoms with Crippen LogP contribution in [0.4, 0.5) is 0 Å². The summed E-state index contributed by atoms with van der Waals surface area (Å²) in [5.41, 5.74) is 3.61. The van der Waals surface area contributed by atoms with E-state index in [9.17, 15) is 0 Å². The highest BCUT2D eigenvalue weighted by molar-refractivity contribution is 5.58. The summed E-state index contributed by atoms with van der Waals surface area (Å²) < 4.78 is 5.82. The van der Waals surface area contributed by atoms with E-state index in [0.717, 1.165) is 43.1 Å². The Labute approximate surface area is 115 Å². The first-order chi connectivity index (χ1) is 9.19. The Hall–Kier alpha value is -1.61. The molecule has 0 saturated heterocycles. The van der Waals surface area contributed by atoms with E-state index in [1.54, 1.807) is 0 Å². The van der Waals surface area contributed by atoms with Gasteiger partial charge in [-0.1, -0.05) is 24.1 Å². The van der Waals surface area contributed by atoms with E-state index in [1.807, 2.05) is 6.20 Å². The second kappa shape index (κ2) is 6.53. The summed E-state index contributed by atoms with van der Waals surface area (Å²) in [5, 5.41) is 3.30. The first kappa shape index (κ1) is 13.8. The maximum Gasteiger partial charge on any atom is 0.194 e. The number of hydrogen-bond donors (Lipinski definition) is 1. The van der Waals surface area contributed by atoms with Crippen molar-refractivity contribution in [3.63, 3.8) is 0 Å². The van der Waals surface area contributed by atoms with Gasteiger partial charge in [0.2, 0.25) is 0 Å². The molecule has 1 aromatic carbocycles. The fraction of sp³-hybridized carbons (Fsp3) is 0.438. The highest BCUT2D eigenvalue weighted by Gasteiger charge is 2.07. The molecule has 0 saturated carbocycles. The zero-order chi connectivity index (χ0) is 13.7. The maximum atomic E-state index is 5.82. The molecule has 1 aromatic heterocycles. The molecule has 0 aliphatic rings. The van der Waals surface area contributed by atoms with Gasteiger partial charge in [0.25, 0.3) is 0 Å². The molecule has 0 aliphatic heterocycles. The van der Waals surface area contributed by atoms with E-state index in [0.29, 0.717) is 0 Å². The SMILES string of the molecule is CCNCCCc1ncc(-c2cc(C)cc(C)c2)o1. The van der Waals surface area contributed by atoms with Crippen LogP contribution in [0.15, 0.2) is 28.8 Å². The Bertz CT molecular complexity index is 511. The van der Waals surface area contributed by atoms with Gasteiger partial charge >= 0.3 is 0 Å². The summed E-state index contributed by atoms with van der Waals surface area (Å²) in [5.74, 6) is 1.69. The van der Waals surface area contributed by atoms with Crippen LogP contribution in [0.1, 0.15) is 30.4 Å². The topological polar surface area (TPSA) is 38.1 Å². The van der Waals surface area contributed by atoms with Crippen LogP contribution in [0.3, 0.4) is 0 Å². The van der Waals surface area contributed by atoms with Crippen molar-refractivity contribution in [1.29, 1.82) is 0 Å². The van der Waals surface area contributed by atoms with Gasteiger partial charge < -0.3 is 9.73 Å². The van der Waals surface area contributed by atoms with Crippen LogP contribution in [0.25, 0.3) is 11.3 Å². The monoisotopic (exact) mass is 258 g/mol. The zero-order valence-electron chi connectivity index (χ0n) is 12.0. The van der Waals surface area contributed by atoms with Crippen LogP contribution in [0, 0.1) is 13.8 Å². The largest absolute Gasteiger partial charge is 0.441 e. The highest BCUT2D eigenvalue weighted by Crippen LogP contribution is 2.23. The van der Waals surface area contributed by atoms with Gasteiger partial charge in [-0.15, -0.1) is 0 Å². The minimum atomic E-state index is 0.826. The van der Waals surface area contributed by atoms with Gasteiger partial charge in [-0.05, 0) is 45.5 Å². The summed E-state index contributed by atoms with van der Waals surface area (Å²) in [6.45, 7) is 8.34. The van der Waals surface area contributed by atoms with Crippen molar-refractivity contribution < 1.29 is 4.42 Å². The molecule has 0 amide bonds. The number of rotatable bonds is 6. The van der Waals surface area contributed by atoms with Crippen molar-refractivity contribution in [2.75, 3.05) is 13.1 Å². The number of benzene rings is 1. The number of aromatic nitrogens is 1. The van der Waals surface area contributed by atoms with Crippen LogP contribution in [0.2, 0.25) is 0 Å². The molecule has 0 spiro atoms. The number of nitrogens with one attached hydrogen (secondary N) is 1. The minimum absolute atomic E-state index is 0.826. The van der Waals surface area contributed by atoms with Gasteiger partial charge in [-0.25, -0.2) is 4.98 Å². The molecule has 0 aliphatic carbocycles. The van der Waals surface area contributed by atoms with Gasteiger partial charge in [0, 0.05) is 12.0 Å². The molecule has 19 heavy (non-hydrogen) atoms. The van der Waals surface area contributed by atoms with Crippen LogP contribution < -0.4 is 5.32 Å². The van der Waals surface area contributed by atoms with Crippen LogP contribution in [-0.2, 0) is 6.42 Å². The summed E-state index contributed by atoms with van der Waals surface area (Å²) >= 11 is 0. The minimum Gasteiger partial charge on any atom is -0.441 e. The lowest BCUT2D eigenvalue weighted by molar-refractivity contribution is 0.493. The molecule has 0 atom stereocenters. The molecule has 3 nitrogen and oxygen atoms in total. The predicted molar refractivity (Wildman–Crippen MR) is 78.3 cm³/mol. The quantitative estimate of drug-likeness (QED) is 0.806. The Balaban J connectivity index is 2.03. The van der Waals surface area contributed by atoms with E-state index >= 15 is 0 Å². The van der Waals surface area contributed by atoms with Gasteiger partial charge in [0.15, 0.2) is 11.7 Å². The summed E-state index contributed by atoms with van der Waals surface area (Å²) in [6.07, 6.45) is 3.77. The second-order valence-electron chi connectivity index (χ2n) is 4.95. The number of nitrogens with zero attached hydrogens (tertiary/aromatic N) is 1. The van der Waals surface area contributed by atoms with E-state index in [1.165, 1.54) is 11.1 Å². The fourth-order valence-corrected chi connectivity index (χ4v) is 2.22. The Morgan fingerprint density at radius 2 is 1.89 bits per heavy atom. The van der Waals surface area contributed by atoms with Crippen molar-refractivity contribution in [2.24, 2.45) is 0 Å². The molecule has 0 radical (unpaired) electrons. The normalized spacial score (nSPS) is 10.9. The van der Waals surface area contributed by atoms with Crippen molar-refractivity contribution >= 4 is 0 Å². The van der Waals surface area contributed by atoms with Gasteiger partial charge in [0.1, 0.15) is 0 Å². The third-order valence-electron chi connectivity index (χ3n) is 3.05. The molecule has 102 valence electrons. The molecule has 0 unspecified atom stereocenters. The average molecular weight is 258 g/mol. The highest BCUT2D eigenvalue weighted by atomic mass is 16.4. The molecule has 2 aromatic rings. The summed E-state index contributed by atoms with van der Waals surface area (Å²) in [6, 6.07) is 6.43. The first-order valence-electron chi connectivity index (χ1n) is 6.93. The van der Waals surface area contributed by atoms with Crippen molar-refractivity contribution in [2.45, 2.75) is 33.6 Å². The van der Waals surface area contributed by atoms with E-state index < -0.39 is 0 Å². The predicted octanol–water partition coefficient (Wildman–Crippen LogP) is 3.50. The Kier molecular flexibility index (Phi) is 4.74. The molecule has 1 N–H and O–H groups in total. The second-order valence-corrected chi connectivity index (χ2v) is 4.95. The zero-order valence-corrected chi connectivity index (χ0v) is 12.0. The standard InChI is InChI=1S/C16H22N2O/c1-4-17-7-5-6-16-18-11-15(19-16)14-9-12(2)8-13(3)10-14/h8-11,17H,4-7H2,1-3H3. The van der Waals surface area contributed by atoms with Crippen LogP contribution in [-0.4, -0.2) is 18.1 Å². The van der Waals surface area contributed by atoms with E-state index in [2.05, 4.69) is 49.3 Å². The van der Waals surface area contributed by atoms with Crippen LogP contribution >= 0.6 is 0 Å². The number of aryl methyl sites for hydroxylation is 3. The third-order valence-corrected chi connectivity index (χ3v) is 3.05. The Morgan fingerprint density at radius 3 is 2.58 bits per heavy atom.